The zero-order chi connectivity index (χ0) is 27.7. The molecular weight excluding hydrogens is 619 g/mol. The van der Waals surface area contributed by atoms with Crippen LogP contribution in [0.4, 0.5) is 0 Å². The van der Waals surface area contributed by atoms with E-state index in [4.69, 9.17) is 0 Å². The van der Waals surface area contributed by atoms with E-state index in [9.17, 15) is 0 Å². The van der Waals surface area contributed by atoms with E-state index in [0.717, 1.165) is 6.42 Å². The number of fused-ring (bicyclic) bond motifs is 3. The molecule has 0 N–H and O–H groups in total. The Morgan fingerprint density at radius 2 is 1.34 bits per heavy atom. The van der Waals surface area contributed by atoms with E-state index in [1.807, 2.05) is 6.07 Å². The second kappa shape index (κ2) is 16.9. The van der Waals surface area contributed by atoms with E-state index in [2.05, 4.69) is 149 Å². The molecule has 0 saturated carbocycles. The van der Waals surface area contributed by atoms with Crippen LogP contribution in [-0.2, 0) is 42.5 Å². The van der Waals surface area contributed by atoms with Gasteiger partial charge in [-0.25, -0.2) is 6.07 Å². The number of hydrogen-bond donors (Lipinski definition) is 0. The topological polar surface area (TPSA) is 0 Å². The molecule has 0 bridgehead atoms. The Balaban J connectivity index is 0.000000211. The molecule has 210 valence electrons. The monoisotopic (exact) mass is 654 g/mol. The third-order valence-corrected chi connectivity index (χ3v) is 8.38. The SMILES string of the molecule is CCCc1cc(C(C)(C)C)c[cH-]1.[Cl-].[Cl-].[Zr+2]=[C](c1ccccc1)c1ccccc1.[c-]1cccc2c1Cc1ccccc1-2. The van der Waals surface area contributed by atoms with E-state index in [1.54, 1.807) is 0 Å². The van der Waals surface area contributed by atoms with Gasteiger partial charge in [-0.05, 0) is 6.42 Å². The summed E-state index contributed by atoms with van der Waals surface area (Å²) in [5, 5.41) is 0. The molecule has 3 heteroatoms. The molecule has 41 heavy (non-hydrogen) atoms. The van der Waals surface area contributed by atoms with Gasteiger partial charge in [-0.1, -0.05) is 81.3 Å². The molecule has 0 aliphatic heterocycles. The summed E-state index contributed by atoms with van der Waals surface area (Å²) in [5.74, 6) is 0. The minimum Gasteiger partial charge on any atom is -0.179 e. The first-order chi connectivity index (χ1) is 18.9. The Kier molecular flexibility index (Phi) is 14.3. The third-order valence-electron chi connectivity index (χ3n) is 6.96. The number of aryl methyl sites for hydroxylation is 1. The molecular formula is C38H38Cl2Zr-2. The minimum absolute atomic E-state index is 0. The molecule has 0 unspecified atom stereocenters. The normalized spacial score (nSPS) is 10.8. The molecule has 6 rings (SSSR count). The van der Waals surface area contributed by atoms with E-state index in [1.165, 1.54) is 84.8 Å². The van der Waals surface area contributed by atoms with Crippen LogP contribution in [0.2, 0.25) is 0 Å². The Morgan fingerprint density at radius 3 is 1.90 bits per heavy atom. The van der Waals surface area contributed by atoms with Gasteiger partial charge >= 0.3 is 99.2 Å². The Hall–Kier alpha value is -2.44. The first kappa shape index (κ1) is 34.8. The first-order valence-electron chi connectivity index (χ1n) is 13.9. The summed E-state index contributed by atoms with van der Waals surface area (Å²) in [6.45, 7) is 9.01. The minimum atomic E-state index is 0. The molecule has 0 radical (unpaired) electrons. The van der Waals surface area contributed by atoms with Gasteiger partial charge in [0.25, 0.3) is 0 Å². The van der Waals surface area contributed by atoms with Crippen molar-refractivity contribution in [1.82, 2.24) is 0 Å². The van der Waals surface area contributed by atoms with Gasteiger partial charge in [0.1, 0.15) is 0 Å². The maximum absolute atomic E-state index is 3.30. The third kappa shape index (κ3) is 9.82. The van der Waals surface area contributed by atoms with Crippen LogP contribution in [0.1, 0.15) is 67.5 Å². The summed E-state index contributed by atoms with van der Waals surface area (Å²) in [4.78, 5) is 0. The molecule has 0 atom stereocenters. The summed E-state index contributed by atoms with van der Waals surface area (Å²) in [5.41, 5.74) is 11.4. The van der Waals surface area contributed by atoms with Gasteiger partial charge < -0.3 is 24.8 Å². The molecule has 1 aliphatic carbocycles. The van der Waals surface area contributed by atoms with Crippen molar-refractivity contribution in [3.8, 4) is 11.1 Å². The second-order valence-corrected chi connectivity index (χ2v) is 12.2. The summed E-state index contributed by atoms with van der Waals surface area (Å²) >= 11 is 1.46. The van der Waals surface area contributed by atoms with Crippen LogP contribution in [0, 0.1) is 6.07 Å². The van der Waals surface area contributed by atoms with Crippen molar-refractivity contribution >= 4 is 3.21 Å². The van der Waals surface area contributed by atoms with Crippen molar-refractivity contribution in [3.05, 3.63) is 161 Å². The van der Waals surface area contributed by atoms with Gasteiger partial charge in [0.05, 0.1) is 0 Å². The summed E-state index contributed by atoms with van der Waals surface area (Å²) in [7, 11) is 0. The van der Waals surface area contributed by atoms with Gasteiger partial charge in [0.2, 0.25) is 0 Å². The number of halogens is 2. The predicted molar refractivity (Wildman–Crippen MR) is 164 cm³/mol. The molecule has 5 aromatic rings. The molecule has 0 fully saturated rings. The first-order valence-corrected chi connectivity index (χ1v) is 15.1. The fraction of sp³-hybridized carbons (Fsp3) is 0.211. The van der Waals surface area contributed by atoms with Gasteiger partial charge in [-0.3, -0.25) is 0 Å². The number of hydrogen-bond acceptors (Lipinski definition) is 0. The van der Waals surface area contributed by atoms with Crippen molar-refractivity contribution in [3.63, 3.8) is 0 Å². The zero-order valence-corrected chi connectivity index (χ0v) is 28.4. The van der Waals surface area contributed by atoms with Crippen molar-refractivity contribution in [1.29, 1.82) is 0 Å². The molecule has 0 aromatic heterocycles. The average Bonchev–Trinajstić information content (AvgIpc) is 3.60. The van der Waals surface area contributed by atoms with E-state index >= 15 is 0 Å². The maximum atomic E-state index is 3.30. The van der Waals surface area contributed by atoms with Crippen molar-refractivity contribution in [2.24, 2.45) is 0 Å². The summed E-state index contributed by atoms with van der Waals surface area (Å²) in [6.07, 6.45) is 3.51. The standard InChI is InChI=1S/C13H9.C13H10.C12H19.2ClH.Zr/c1-3-7-12-10(5-1)9-11-6-2-4-8-13(11)12;1-3-7-12(8-4-1)11-13-9-5-2-6-10-13;1-5-6-10-7-8-11(9-10)12(2,3)4;;;/h1-5,7-8H,9H2;1-10H;7-9H,5-6H2,1-4H3;2*1H;/q-1;;-1;;;+2/p-2. The van der Waals surface area contributed by atoms with Crippen LogP contribution in [0.5, 0.6) is 0 Å². The largest absolute Gasteiger partial charge is 0.179 e. The van der Waals surface area contributed by atoms with Gasteiger partial charge in [-0.2, -0.15) is 53.1 Å². The summed E-state index contributed by atoms with van der Waals surface area (Å²) < 4.78 is 1.42. The number of rotatable bonds is 4. The second-order valence-electron chi connectivity index (χ2n) is 11.0. The Labute approximate surface area is 274 Å². The zero-order valence-electron chi connectivity index (χ0n) is 24.4. The van der Waals surface area contributed by atoms with Crippen molar-refractivity contribution in [2.45, 2.75) is 52.4 Å². The molecule has 0 amide bonds. The van der Waals surface area contributed by atoms with E-state index in [0.29, 0.717) is 5.41 Å². The van der Waals surface area contributed by atoms with Gasteiger partial charge in [-0.15, -0.1) is 5.56 Å². The molecule has 0 spiro atoms. The summed E-state index contributed by atoms with van der Waals surface area (Å²) in [6, 6.07) is 46.1. The molecule has 5 aromatic carbocycles. The molecule has 0 saturated heterocycles. The fourth-order valence-electron chi connectivity index (χ4n) is 4.78. The van der Waals surface area contributed by atoms with Crippen LogP contribution in [0.15, 0.2) is 121 Å². The Bertz CT molecular complexity index is 1390. The van der Waals surface area contributed by atoms with Crippen molar-refractivity contribution in [2.75, 3.05) is 0 Å². The predicted octanol–water partition coefficient (Wildman–Crippen LogP) is 3.52. The molecule has 0 nitrogen and oxygen atoms in total. The maximum Gasteiger partial charge on any atom is -0.0253 e. The van der Waals surface area contributed by atoms with Crippen LogP contribution in [0.3, 0.4) is 0 Å². The van der Waals surface area contributed by atoms with Gasteiger partial charge in [0.15, 0.2) is 0 Å². The smallest absolute Gasteiger partial charge is 0.0253 e. The van der Waals surface area contributed by atoms with Crippen molar-refractivity contribution < 1.29 is 49.0 Å². The van der Waals surface area contributed by atoms with E-state index < -0.39 is 0 Å². The quantitative estimate of drug-likeness (QED) is 0.255. The van der Waals surface area contributed by atoms with Crippen LogP contribution in [0.25, 0.3) is 11.1 Å². The number of benzene rings is 4. The molecule has 0 heterocycles. The van der Waals surface area contributed by atoms with Crippen LogP contribution < -0.4 is 24.8 Å². The average molecular weight is 657 g/mol. The fourth-order valence-corrected chi connectivity index (χ4v) is 5.60. The molecule has 1 aliphatic rings. The van der Waals surface area contributed by atoms with Gasteiger partial charge in [0, 0.05) is 0 Å². The van der Waals surface area contributed by atoms with E-state index in [-0.39, 0.29) is 24.8 Å². The van der Waals surface area contributed by atoms with Crippen LogP contribution >= 0.6 is 0 Å². The Morgan fingerprint density at radius 1 is 0.780 bits per heavy atom. The van der Waals surface area contributed by atoms with Crippen LogP contribution in [-0.4, -0.2) is 3.21 Å².